The van der Waals surface area contributed by atoms with Crippen LogP contribution in [0.25, 0.3) is 0 Å². The standard InChI is InChI=1S/C10H21N3O2S/c1-16(14,15)13-6-2-3-10(9-13)12-7-4-11-5-8-12/h10-11H,2-9H2,1H3. The molecular weight excluding hydrogens is 226 g/mol. The van der Waals surface area contributed by atoms with Gasteiger partial charge in [-0.05, 0) is 12.8 Å². The first-order valence-corrected chi connectivity index (χ1v) is 7.82. The number of rotatable bonds is 2. The molecule has 2 rings (SSSR count). The van der Waals surface area contributed by atoms with E-state index in [2.05, 4.69) is 10.2 Å². The minimum absolute atomic E-state index is 0.422. The number of hydrogen-bond acceptors (Lipinski definition) is 4. The Hall–Kier alpha value is -0.170. The van der Waals surface area contributed by atoms with Gasteiger partial charge in [0, 0.05) is 45.3 Å². The van der Waals surface area contributed by atoms with Gasteiger partial charge < -0.3 is 5.32 Å². The van der Waals surface area contributed by atoms with E-state index in [0.29, 0.717) is 19.1 Å². The van der Waals surface area contributed by atoms with Crippen molar-refractivity contribution in [1.82, 2.24) is 14.5 Å². The van der Waals surface area contributed by atoms with Crippen molar-refractivity contribution in [1.29, 1.82) is 0 Å². The van der Waals surface area contributed by atoms with E-state index >= 15 is 0 Å². The highest BCUT2D eigenvalue weighted by molar-refractivity contribution is 7.88. The van der Waals surface area contributed by atoms with E-state index in [0.717, 1.165) is 39.0 Å². The molecule has 0 aromatic carbocycles. The van der Waals surface area contributed by atoms with Gasteiger partial charge in [0.25, 0.3) is 0 Å². The summed E-state index contributed by atoms with van der Waals surface area (Å²) in [5, 5.41) is 3.32. The molecule has 2 fully saturated rings. The first-order valence-electron chi connectivity index (χ1n) is 5.97. The van der Waals surface area contributed by atoms with Crippen LogP contribution in [-0.4, -0.2) is 69.2 Å². The molecule has 0 aromatic rings. The van der Waals surface area contributed by atoms with Gasteiger partial charge in [0.1, 0.15) is 0 Å². The van der Waals surface area contributed by atoms with Gasteiger partial charge in [-0.1, -0.05) is 0 Å². The second-order valence-electron chi connectivity index (χ2n) is 4.70. The first kappa shape index (κ1) is 12.3. The number of piperazine rings is 1. The Morgan fingerprint density at radius 3 is 2.50 bits per heavy atom. The predicted octanol–water partition coefficient (Wildman–Crippen LogP) is -0.684. The first-order chi connectivity index (χ1) is 7.57. The molecule has 2 heterocycles. The van der Waals surface area contributed by atoms with Crippen molar-refractivity contribution in [2.45, 2.75) is 18.9 Å². The Balaban J connectivity index is 1.95. The highest BCUT2D eigenvalue weighted by Crippen LogP contribution is 2.18. The molecule has 1 atom stereocenters. The van der Waals surface area contributed by atoms with Gasteiger partial charge in [-0.3, -0.25) is 4.90 Å². The van der Waals surface area contributed by atoms with Gasteiger partial charge in [0.15, 0.2) is 0 Å². The van der Waals surface area contributed by atoms with E-state index in [1.807, 2.05) is 0 Å². The van der Waals surface area contributed by atoms with Gasteiger partial charge in [-0.2, -0.15) is 0 Å². The predicted molar refractivity (Wildman–Crippen MR) is 63.9 cm³/mol. The third-order valence-electron chi connectivity index (χ3n) is 3.50. The maximum absolute atomic E-state index is 11.5. The molecule has 0 amide bonds. The summed E-state index contributed by atoms with van der Waals surface area (Å²) in [4.78, 5) is 2.42. The number of nitrogens with one attached hydrogen (secondary N) is 1. The molecule has 2 aliphatic rings. The van der Waals surface area contributed by atoms with Crippen LogP contribution in [0.3, 0.4) is 0 Å². The van der Waals surface area contributed by atoms with Crippen LogP contribution in [0, 0.1) is 0 Å². The lowest BCUT2D eigenvalue weighted by Gasteiger charge is -2.40. The van der Waals surface area contributed by atoms with E-state index in [9.17, 15) is 8.42 Å². The lowest BCUT2D eigenvalue weighted by atomic mass is 10.1. The van der Waals surface area contributed by atoms with Crippen molar-refractivity contribution >= 4 is 10.0 Å². The molecule has 0 aromatic heterocycles. The van der Waals surface area contributed by atoms with Gasteiger partial charge in [-0.15, -0.1) is 0 Å². The van der Waals surface area contributed by atoms with E-state index < -0.39 is 10.0 Å². The van der Waals surface area contributed by atoms with Crippen LogP contribution in [0.5, 0.6) is 0 Å². The van der Waals surface area contributed by atoms with Crippen LogP contribution in [-0.2, 0) is 10.0 Å². The Bertz CT molecular complexity index is 325. The summed E-state index contributed by atoms with van der Waals surface area (Å²) in [5.74, 6) is 0. The second-order valence-corrected chi connectivity index (χ2v) is 6.69. The Morgan fingerprint density at radius 1 is 1.19 bits per heavy atom. The van der Waals surface area contributed by atoms with Gasteiger partial charge in [-0.25, -0.2) is 12.7 Å². The Kier molecular flexibility index (Phi) is 3.84. The minimum Gasteiger partial charge on any atom is -0.314 e. The smallest absolute Gasteiger partial charge is 0.211 e. The minimum atomic E-state index is -3.01. The highest BCUT2D eigenvalue weighted by Gasteiger charge is 2.29. The number of sulfonamides is 1. The number of nitrogens with zero attached hydrogens (tertiary/aromatic N) is 2. The quantitative estimate of drug-likeness (QED) is 0.702. The van der Waals surface area contributed by atoms with E-state index in [4.69, 9.17) is 0 Å². The number of piperidine rings is 1. The maximum Gasteiger partial charge on any atom is 0.211 e. The summed E-state index contributed by atoms with van der Waals surface area (Å²) in [5.41, 5.74) is 0. The van der Waals surface area contributed by atoms with Crippen LogP contribution in [0.1, 0.15) is 12.8 Å². The zero-order valence-electron chi connectivity index (χ0n) is 9.85. The molecule has 0 saturated carbocycles. The fourth-order valence-corrected chi connectivity index (χ4v) is 3.47. The van der Waals surface area contributed by atoms with Gasteiger partial charge >= 0.3 is 0 Å². The number of hydrogen-bond donors (Lipinski definition) is 1. The molecule has 16 heavy (non-hydrogen) atoms. The van der Waals surface area contributed by atoms with Crippen molar-refractivity contribution in [3.8, 4) is 0 Å². The SMILES string of the molecule is CS(=O)(=O)N1CCCC(N2CCNCC2)C1. The van der Waals surface area contributed by atoms with Crippen molar-refractivity contribution < 1.29 is 8.42 Å². The third kappa shape index (κ3) is 2.94. The summed E-state index contributed by atoms with van der Waals surface area (Å²) < 4.78 is 24.6. The van der Waals surface area contributed by atoms with Crippen LogP contribution < -0.4 is 5.32 Å². The van der Waals surface area contributed by atoms with E-state index in [-0.39, 0.29) is 0 Å². The molecule has 6 heteroatoms. The van der Waals surface area contributed by atoms with Crippen LogP contribution >= 0.6 is 0 Å². The average molecular weight is 247 g/mol. The van der Waals surface area contributed by atoms with Gasteiger partial charge in [0.2, 0.25) is 10.0 Å². The molecule has 2 saturated heterocycles. The third-order valence-corrected chi connectivity index (χ3v) is 4.77. The molecule has 0 bridgehead atoms. The second kappa shape index (κ2) is 5.00. The fraction of sp³-hybridized carbons (Fsp3) is 1.00. The van der Waals surface area contributed by atoms with Gasteiger partial charge in [0.05, 0.1) is 6.26 Å². The lowest BCUT2D eigenvalue weighted by molar-refractivity contribution is 0.121. The molecule has 0 radical (unpaired) electrons. The molecule has 1 unspecified atom stereocenters. The monoisotopic (exact) mass is 247 g/mol. The summed E-state index contributed by atoms with van der Waals surface area (Å²) in [6.45, 7) is 5.51. The molecule has 94 valence electrons. The maximum atomic E-state index is 11.5. The van der Waals surface area contributed by atoms with Crippen LogP contribution in [0.2, 0.25) is 0 Å². The summed E-state index contributed by atoms with van der Waals surface area (Å²) in [6, 6.07) is 0.422. The van der Waals surface area contributed by atoms with E-state index in [1.165, 1.54) is 6.26 Å². The normalized spacial score (nSPS) is 30.4. The average Bonchev–Trinajstić information content (AvgIpc) is 2.29. The largest absolute Gasteiger partial charge is 0.314 e. The molecule has 0 spiro atoms. The molecule has 0 aliphatic carbocycles. The highest BCUT2D eigenvalue weighted by atomic mass is 32.2. The Morgan fingerprint density at radius 2 is 1.88 bits per heavy atom. The van der Waals surface area contributed by atoms with Crippen molar-refractivity contribution in [2.75, 3.05) is 45.5 Å². The summed E-state index contributed by atoms with van der Waals surface area (Å²) in [7, 11) is -3.01. The Labute approximate surface area is 97.8 Å². The topological polar surface area (TPSA) is 52.7 Å². The van der Waals surface area contributed by atoms with Crippen molar-refractivity contribution in [3.05, 3.63) is 0 Å². The summed E-state index contributed by atoms with van der Waals surface area (Å²) in [6.07, 6.45) is 3.43. The van der Waals surface area contributed by atoms with Crippen LogP contribution in [0.4, 0.5) is 0 Å². The fourth-order valence-electron chi connectivity index (χ4n) is 2.57. The zero-order valence-corrected chi connectivity index (χ0v) is 10.7. The molecule has 2 aliphatic heterocycles. The van der Waals surface area contributed by atoms with E-state index in [1.54, 1.807) is 4.31 Å². The lowest BCUT2D eigenvalue weighted by Crippen LogP contribution is -2.54. The molecule has 5 nitrogen and oxygen atoms in total. The summed E-state index contributed by atoms with van der Waals surface area (Å²) >= 11 is 0. The van der Waals surface area contributed by atoms with Crippen molar-refractivity contribution in [3.63, 3.8) is 0 Å². The molecule has 1 N–H and O–H groups in total. The molecular formula is C10H21N3O2S. The zero-order chi connectivity index (χ0) is 11.6. The van der Waals surface area contributed by atoms with Crippen LogP contribution in [0.15, 0.2) is 0 Å². The van der Waals surface area contributed by atoms with Crippen molar-refractivity contribution in [2.24, 2.45) is 0 Å².